The molecule has 2 aromatic rings. The average Bonchev–Trinajstić information content (AvgIpc) is 3.60. The molecule has 4 rings (SSSR count). The number of rotatable bonds is 6. The molecule has 4 amide bonds. The first-order valence-corrected chi connectivity index (χ1v) is 14.7. The Morgan fingerprint density at radius 1 is 0.628 bits per heavy atom. The van der Waals surface area contributed by atoms with E-state index in [2.05, 4.69) is 10.6 Å². The van der Waals surface area contributed by atoms with Crippen LogP contribution in [0.25, 0.3) is 0 Å². The lowest BCUT2D eigenvalue weighted by Gasteiger charge is -2.28. The van der Waals surface area contributed by atoms with Crippen molar-refractivity contribution >= 4 is 35.4 Å². The van der Waals surface area contributed by atoms with Crippen LogP contribution in [0.15, 0.2) is 48.5 Å². The molecule has 0 radical (unpaired) electrons. The summed E-state index contributed by atoms with van der Waals surface area (Å²) in [6.45, 7) is 11.7. The van der Waals surface area contributed by atoms with Gasteiger partial charge in [-0.3, -0.25) is 19.4 Å². The van der Waals surface area contributed by atoms with Crippen molar-refractivity contribution in [2.45, 2.75) is 90.5 Å². The van der Waals surface area contributed by atoms with Crippen molar-refractivity contribution < 1.29 is 33.4 Å². The maximum atomic E-state index is 12.9. The van der Waals surface area contributed by atoms with Gasteiger partial charge in [-0.05, 0) is 116 Å². The molecular formula is C32H42N4O7. The number of carbonyl (C=O) groups excluding carboxylic acids is 4. The summed E-state index contributed by atoms with van der Waals surface area (Å²) in [6.07, 6.45) is 1.65. The molecule has 0 saturated carbocycles. The number of ether oxygens (including phenoxy) is 3. The van der Waals surface area contributed by atoms with E-state index in [0.29, 0.717) is 48.8 Å². The van der Waals surface area contributed by atoms with E-state index in [1.807, 2.05) is 0 Å². The third-order valence-electron chi connectivity index (χ3n) is 6.85. The molecule has 0 unspecified atom stereocenters. The number of likely N-dealkylation sites (tertiary alicyclic amines) is 2. The van der Waals surface area contributed by atoms with Gasteiger partial charge in [-0.25, -0.2) is 9.59 Å². The summed E-state index contributed by atoms with van der Waals surface area (Å²) >= 11 is 0. The van der Waals surface area contributed by atoms with Crippen LogP contribution in [0.4, 0.5) is 21.0 Å². The molecule has 232 valence electrons. The topological polar surface area (TPSA) is 127 Å². The van der Waals surface area contributed by atoms with Gasteiger partial charge in [-0.15, -0.1) is 0 Å². The van der Waals surface area contributed by atoms with Crippen LogP contribution >= 0.6 is 0 Å². The Morgan fingerprint density at radius 2 is 0.977 bits per heavy atom. The monoisotopic (exact) mass is 594 g/mol. The molecule has 11 nitrogen and oxygen atoms in total. The van der Waals surface area contributed by atoms with Gasteiger partial charge >= 0.3 is 12.2 Å². The van der Waals surface area contributed by atoms with Crippen molar-refractivity contribution in [2.75, 3.05) is 23.7 Å². The summed E-state index contributed by atoms with van der Waals surface area (Å²) in [7, 11) is 0. The lowest BCUT2D eigenvalue weighted by molar-refractivity contribution is -0.121. The normalized spacial score (nSPS) is 18.7. The van der Waals surface area contributed by atoms with E-state index in [1.165, 1.54) is 9.80 Å². The van der Waals surface area contributed by atoms with Crippen LogP contribution in [0.2, 0.25) is 0 Å². The first-order valence-electron chi connectivity index (χ1n) is 14.7. The van der Waals surface area contributed by atoms with Crippen molar-refractivity contribution in [3.63, 3.8) is 0 Å². The highest BCUT2D eigenvalue weighted by Crippen LogP contribution is 2.27. The molecule has 0 spiro atoms. The number of nitrogens with one attached hydrogen (secondary N) is 2. The molecule has 2 aliphatic rings. The molecule has 2 saturated heterocycles. The van der Waals surface area contributed by atoms with Crippen molar-refractivity contribution in [3.05, 3.63) is 48.5 Å². The predicted octanol–water partition coefficient (Wildman–Crippen LogP) is 6.15. The maximum Gasteiger partial charge on any atom is 0.410 e. The van der Waals surface area contributed by atoms with Crippen molar-refractivity contribution in [1.29, 1.82) is 0 Å². The highest BCUT2D eigenvalue weighted by molar-refractivity contribution is 5.97. The minimum Gasteiger partial charge on any atom is -0.457 e. The van der Waals surface area contributed by atoms with E-state index in [1.54, 1.807) is 90.1 Å². The zero-order valence-corrected chi connectivity index (χ0v) is 25.8. The number of carbonyl (C=O) groups is 4. The molecule has 0 bridgehead atoms. The van der Waals surface area contributed by atoms with Crippen LogP contribution in [-0.2, 0) is 19.1 Å². The summed E-state index contributed by atoms with van der Waals surface area (Å²) in [5.41, 5.74) is -0.103. The quantitative estimate of drug-likeness (QED) is 0.410. The highest BCUT2D eigenvalue weighted by Gasteiger charge is 2.37. The summed E-state index contributed by atoms with van der Waals surface area (Å²) in [5.74, 6) is 0.595. The lowest BCUT2D eigenvalue weighted by atomic mass is 10.2. The Balaban J connectivity index is 1.28. The second-order valence-corrected chi connectivity index (χ2v) is 12.8. The molecule has 0 aromatic heterocycles. The molecule has 2 N–H and O–H groups in total. The van der Waals surface area contributed by atoms with Gasteiger partial charge in [-0.2, -0.15) is 0 Å². The van der Waals surface area contributed by atoms with E-state index in [9.17, 15) is 19.2 Å². The van der Waals surface area contributed by atoms with Crippen LogP contribution in [0.1, 0.15) is 67.2 Å². The van der Waals surface area contributed by atoms with Crippen LogP contribution in [0.5, 0.6) is 11.5 Å². The number of hydrogen-bond acceptors (Lipinski definition) is 7. The largest absolute Gasteiger partial charge is 0.457 e. The van der Waals surface area contributed by atoms with E-state index >= 15 is 0 Å². The van der Waals surface area contributed by atoms with Gasteiger partial charge in [0.2, 0.25) is 11.8 Å². The predicted molar refractivity (Wildman–Crippen MR) is 162 cm³/mol. The fourth-order valence-corrected chi connectivity index (χ4v) is 4.96. The standard InChI is InChI=1S/C32H42N4O7/c1-31(2,3)42-29(39)35-19-7-9-25(35)27(37)33-21-11-15-23(16-12-21)41-24-17-13-22(14-18-24)34-28(38)26-10-8-20-36(26)30(40)43-32(4,5)6/h11-18,25-26H,7-10,19-20H2,1-6H3,(H,33,37)(H,34,38)/t25-,26-/m0/s1. The molecule has 43 heavy (non-hydrogen) atoms. The van der Waals surface area contributed by atoms with E-state index in [0.717, 1.165) is 12.8 Å². The first kappa shape index (κ1) is 31.7. The van der Waals surface area contributed by atoms with Gasteiger partial charge in [0.25, 0.3) is 0 Å². The van der Waals surface area contributed by atoms with Gasteiger partial charge in [0.05, 0.1) is 0 Å². The Bertz CT molecular complexity index is 1210. The van der Waals surface area contributed by atoms with E-state index < -0.39 is 35.5 Å². The van der Waals surface area contributed by atoms with Crippen LogP contribution in [0.3, 0.4) is 0 Å². The fraction of sp³-hybridized carbons (Fsp3) is 0.500. The van der Waals surface area contributed by atoms with Gasteiger partial charge < -0.3 is 24.8 Å². The zero-order chi connectivity index (χ0) is 31.4. The molecule has 2 aliphatic heterocycles. The second kappa shape index (κ2) is 12.9. The Hall–Kier alpha value is -4.28. The first-order chi connectivity index (χ1) is 20.2. The minimum atomic E-state index is -0.633. The third kappa shape index (κ3) is 8.86. The molecule has 0 aliphatic carbocycles. The minimum absolute atomic E-state index is 0.263. The van der Waals surface area contributed by atoms with Gasteiger partial charge in [0, 0.05) is 24.5 Å². The lowest BCUT2D eigenvalue weighted by Crippen LogP contribution is -2.45. The Morgan fingerprint density at radius 3 is 1.30 bits per heavy atom. The van der Waals surface area contributed by atoms with Crippen molar-refractivity contribution in [1.82, 2.24) is 9.80 Å². The van der Waals surface area contributed by atoms with Crippen molar-refractivity contribution in [3.8, 4) is 11.5 Å². The molecule has 2 aromatic carbocycles. The SMILES string of the molecule is CC(C)(C)OC(=O)N1CCC[C@H]1C(=O)Nc1ccc(Oc2ccc(NC(=O)[C@@H]3CCCN3C(=O)OC(C)(C)C)cc2)cc1. The van der Waals surface area contributed by atoms with Gasteiger partial charge in [0.15, 0.2) is 0 Å². The highest BCUT2D eigenvalue weighted by atomic mass is 16.6. The molecule has 2 fully saturated rings. The van der Waals surface area contributed by atoms with Crippen molar-refractivity contribution in [2.24, 2.45) is 0 Å². The van der Waals surface area contributed by atoms with Crippen LogP contribution < -0.4 is 15.4 Å². The summed E-state index contributed by atoms with van der Waals surface area (Å²) in [5, 5.41) is 5.75. The Labute approximate surface area is 252 Å². The number of benzene rings is 2. The van der Waals surface area contributed by atoms with Gasteiger partial charge in [0.1, 0.15) is 34.8 Å². The zero-order valence-electron chi connectivity index (χ0n) is 25.8. The third-order valence-corrected chi connectivity index (χ3v) is 6.85. The number of anilines is 2. The van der Waals surface area contributed by atoms with E-state index in [4.69, 9.17) is 14.2 Å². The molecule has 2 heterocycles. The number of hydrogen-bond donors (Lipinski definition) is 2. The fourth-order valence-electron chi connectivity index (χ4n) is 4.96. The van der Waals surface area contributed by atoms with Crippen LogP contribution in [0, 0.1) is 0 Å². The molecular weight excluding hydrogens is 552 g/mol. The van der Waals surface area contributed by atoms with Gasteiger partial charge in [-0.1, -0.05) is 0 Å². The number of nitrogens with zero attached hydrogens (tertiary/aromatic N) is 2. The average molecular weight is 595 g/mol. The van der Waals surface area contributed by atoms with Crippen LogP contribution in [-0.4, -0.2) is 70.2 Å². The molecule has 2 atom stereocenters. The maximum absolute atomic E-state index is 12.9. The van der Waals surface area contributed by atoms with E-state index in [-0.39, 0.29) is 11.8 Å². The smallest absolute Gasteiger partial charge is 0.410 e. The second-order valence-electron chi connectivity index (χ2n) is 12.8. The summed E-state index contributed by atoms with van der Waals surface area (Å²) in [4.78, 5) is 53.9. The summed E-state index contributed by atoms with van der Waals surface area (Å²) < 4.78 is 16.8. The molecule has 11 heteroatoms. The Kier molecular flexibility index (Phi) is 9.52. The number of amides is 4. The summed E-state index contributed by atoms with van der Waals surface area (Å²) in [6, 6.07) is 12.7.